The summed E-state index contributed by atoms with van der Waals surface area (Å²) in [5.74, 6) is 0. The summed E-state index contributed by atoms with van der Waals surface area (Å²) in [6.45, 7) is 5.30. The van der Waals surface area contributed by atoms with E-state index in [1.807, 2.05) is 0 Å². The summed E-state index contributed by atoms with van der Waals surface area (Å²) in [6.07, 6.45) is 2.67. The fourth-order valence-corrected chi connectivity index (χ4v) is 2.46. The maximum absolute atomic E-state index is 11.8. The number of sulfonamides is 1. The number of nitrogens with one attached hydrogen (secondary N) is 1. The molecule has 0 saturated carbocycles. The highest BCUT2D eigenvalue weighted by atomic mass is 32.2. The minimum atomic E-state index is -3.53. The SMILES string of the molecule is CC(C)(C)NS(=O)(=O)c1cncc(N)c1. The van der Waals surface area contributed by atoms with Crippen LogP contribution < -0.4 is 10.5 Å². The van der Waals surface area contributed by atoms with Crippen molar-refractivity contribution in [2.75, 3.05) is 5.73 Å². The van der Waals surface area contributed by atoms with Gasteiger partial charge in [-0.1, -0.05) is 0 Å². The molecule has 0 spiro atoms. The minimum absolute atomic E-state index is 0.0809. The number of aromatic nitrogens is 1. The van der Waals surface area contributed by atoms with Gasteiger partial charge in [-0.15, -0.1) is 0 Å². The Bertz CT molecular complexity index is 449. The van der Waals surface area contributed by atoms with E-state index in [1.165, 1.54) is 18.5 Å². The van der Waals surface area contributed by atoms with Crippen molar-refractivity contribution in [3.8, 4) is 0 Å². The quantitative estimate of drug-likeness (QED) is 0.783. The molecule has 84 valence electrons. The van der Waals surface area contributed by atoms with E-state index in [0.717, 1.165) is 0 Å². The molecule has 1 aromatic rings. The Balaban J connectivity index is 3.07. The topological polar surface area (TPSA) is 85.1 Å². The molecule has 0 atom stereocenters. The summed E-state index contributed by atoms with van der Waals surface area (Å²) in [6, 6.07) is 1.38. The highest BCUT2D eigenvalue weighted by Crippen LogP contribution is 2.13. The minimum Gasteiger partial charge on any atom is -0.397 e. The van der Waals surface area contributed by atoms with Crippen molar-refractivity contribution < 1.29 is 8.42 Å². The molecular formula is C9H15N3O2S. The molecule has 15 heavy (non-hydrogen) atoms. The maximum Gasteiger partial charge on any atom is 0.242 e. The second-order valence-electron chi connectivity index (χ2n) is 4.31. The highest BCUT2D eigenvalue weighted by molar-refractivity contribution is 7.89. The summed E-state index contributed by atoms with van der Waals surface area (Å²) >= 11 is 0. The number of hydrogen-bond acceptors (Lipinski definition) is 4. The standard InChI is InChI=1S/C9H15N3O2S/c1-9(2,3)12-15(13,14)8-4-7(10)5-11-6-8/h4-6,12H,10H2,1-3H3. The Morgan fingerprint density at radius 2 is 1.93 bits per heavy atom. The van der Waals surface area contributed by atoms with Gasteiger partial charge in [-0.05, 0) is 26.8 Å². The molecule has 3 N–H and O–H groups in total. The molecule has 0 aliphatic carbocycles. The molecule has 0 aliphatic heterocycles. The van der Waals surface area contributed by atoms with Gasteiger partial charge in [0.05, 0.1) is 5.69 Å². The average Bonchev–Trinajstić information content (AvgIpc) is 1.99. The van der Waals surface area contributed by atoms with E-state index in [1.54, 1.807) is 20.8 Å². The zero-order valence-corrected chi connectivity index (χ0v) is 9.80. The predicted molar refractivity (Wildman–Crippen MR) is 58.7 cm³/mol. The Kier molecular flexibility index (Phi) is 3.01. The van der Waals surface area contributed by atoms with Crippen LogP contribution in [0.2, 0.25) is 0 Å². The molecule has 1 rings (SSSR count). The number of rotatable bonds is 2. The summed E-state index contributed by atoms with van der Waals surface area (Å²) < 4.78 is 26.1. The van der Waals surface area contributed by atoms with E-state index in [-0.39, 0.29) is 4.90 Å². The second kappa shape index (κ2) is 3.79. The number of nitrogen functional groups attached to an aromatic ring is 1. The Hall–Kier alpha value is -1.14. The lowest BCUT2D eigenvalue weighted by molar-refractivity contribution is 0.491. The summed E-state index contributed by atoms with van der Waals surface area (Å²) in [5.41, 5.74) is 5.27. The zero-order valence-electron chi connectivity index (χ0n) is 8.98. The monoisotopic (exact) mass is 229 g/mol. The molecule has 0 unspecified atom stereocenters. The van der Waals surface area contributed by atoms with Crippen LogP contribution in [0.3, 0.4) is 0 Å². The number of nitrogens with zero attached hydrogens (tertiary/aromatic N) is 1. The van der Waals surface area contributed by atoms with Crippen LogP contribution in [-0.4, -0.2) is 18.9 Å². The van der Waals surface area contributed by atoms with Crippen LogP contribution in [0.15, 0.2) is 23.4 Å². The number of hydrogen-bond donors (Lipinski definition) is 2. The van der Waals surface area contributed by atoms with Crippen molar-refractivity contribution in [2.45, 2.75) is 31.2 Å². The first kappa shape index (κ1) is 11.9. The van der Waals surface area contributed by atoms with Gasteiger partial charge in [0.15, 0.2) is 0 Å². The Morgan fingerprint density at radius 1 is 1.33 bits per heavy atom. The molecule has 0 amide bonds. The van der Waals surface area contributed by atoms with E-state index < -0.39 is 15.6 Å². The van der Waals surface area contributed by atoms with Crippen LogP contribution in [-0.2, 0) is 10.0 Å². The number of nitrogens with two attached hydrogens (primary N) is 1. The summed E-state index contributed by atoms with van der Waals surface area (Å²) in [4.78, 5) is 3.82. The van der Waals surface area contributed by atoms with Crippen molar-refractivity contribution in [3.05, 3.63) is 18.5 Å². The number of pyridine rings is 1. The van der Waals surface area contributed by atoms with Gasteiger partial charge >= 0.3 is 0 Å². The van der Waals surface area contributed by atoms with Gasteiger partial charge in [0, 0.05) is 17.9 Å². The molecule has 6 heteroatoms. The maximum atomic E-state index is 11.8. The molecular weight excluding hydrogens is 214 g/mol. The zero-order chi connectivity index (χ0) is 11.7. The Morgan fingerprint density at radius 3 is 2.40 bits per heavy atom. The van der Waals surface area contributed by atoms with Crippen LogP contribution in [0.1, 0.15) is 20.8 Å². The molecule has 0 aliphatic rings. The van der Waals surface area contributed by atoms with Gasteiger partial charge in [0.2, 0.25) is 10.0 Å². The molecule has 0 bridgehead atoms. The third-order valence-corrected chi connectivity index (χ3v) is 3.21. The molecule has 5 nitrogen and oxygen atoms in total. The molecule has 0 aromatic carbocycles. The molecule has 1 heterocycles. The second-order valence-corrected chi connectivity index (χ2v) is 5.99. The third kappa shape index (κ3) is 3.49. The fraction of sp³-hybridized carbons (Fsp3) is 0.444. The van der Waals surface area contributed by atoms with Gasteiger partial charge in [-0.3, -0.25) is 4.98 Å². The lowest BCUT2D eigenvalue weighted by Gasteiger charge is -2.20. The lowest BCUT2D eigenvalue weighted by Crippen LogP contribution is -2.40. The summed E-state index contributed by atoms with van der Waals surface area (Å²) in [5, 5.41) is 0. The third-order valence-electron chi connectivity index (χ3n) is 1.49. The first-order valence-corrected chi connectivity index (χ1v) is 5.93. The largest absolute Gasteiger partial charge is 0.397 e. The summed E-state index contributed by atoms with van der Waals surface area (Å²) in [7, 11) is -3.53. The van der Waals surface area contributed by atoms with Crippen molar-refractivity contribution >= 4 is 15.7 Å². The van der Waals surface area contributed by atoms with Crippen LogP contribution in [0, 0.1) is 0 Å². The molecule has 0 radical (unpaired) electrons. The molecule has 0 fully saturated rings. The number of anilines is 1. The van der Waals surface area contributed by atoms with Gasteiger partial charge in [0.25, 0.3) is 0 Å². The normalized spacial score (nSPS) is 12.7. The first-order valence-electron chi connectivity index (χ1n) is 4.45. The van der Waals surface area contributed by atoms with Crippen molar-refractivity contribution in [3.63, 3.8) is 0 Å². The van der Waals surface area contributed by atoms with E-state index >= 15 is 0 Å². The molecule has 1 aromatic heterocycles. The van der Waals surface area contributed by atoms with Gasteiger partial charge in [-0.25, -0.2) is 13.1 Å². The fourth-order valence-electron chi connectivity index (χ4n) is 1.04. The predicted octanol–water partition coefficient (Wildman–Crippen LogP) is 0.741. The smallest absolute Gasteiger partial charge is 0.242 e. The van der Waals surface area contributed by atoms with E-state index in [4.69, 9.17) is 5.73 Å². The van der Waals surface area contributed by atoms with E-state index in [0.29, 0.717) is 5.69 Å². The Labute approximate surface area is 89.8 Å². The van der Waals surface area contributed by atoms with Crippen molar-refractivity contribution in [1.82, 2.24) is 9.71 Å². The van der Waals surface area contributed by atoms with E-state index in [9.17, 15) is 8.42 Å². The molecule has 0 saturated heterocycles. The first-order chi connectivity index (χ1) is 6.71. The van der Waals surface area contributed by atoms with E-state index in [2.05, 4.69) is 9.71 Å². The van der Waals surface area contributed by atoms with Crippen molar-refractivity contribution in [2.24, 2.45) is 0 Å². The highest BCUT2D eigenvalue weighted by Gasteiger charge is 2.22. The van der Waals surface area contributed by atoms with Crippen LogP contribution in [0.5, 0.6) is 0 Å². The van der Waals surface area contributed by atoms with Crippen LogP contribution in [0.25, 0.3) is 0 Å². The van der Waals surface area contributed by atoms with Gasteiger partial charge in [0.1, 0.15) is 4.90 Å². The van der Waals surface area contributed by atoms with Crippen molar-refractivity contribution in [1.29, 1.82) is 0 Å². The average molecular weight is 229 g/mol. The van der Waals surface area contributed by atoms with Crippen LogP contribution in [0.4, 0.5) is 5.69 Å². The van der Waals surface area contributed by atoms with Crippen LogP contribution >= 0.6 is 0 Å². The van der Waals surface area contributed by atoms with Gasteiger partial charge < -0.3 is 5.73 Å². The van der Waals surface area contributed by atoms with Gasteiger partial charge in [-0.2, -0.15) is 0 Å². The lowest BCUT2D eigenvalue weighted by atomic mass is 10.1.